The Hall–Kier alpha value is -3.76. The van der Waals surface area contributed by atoms with Gasteiger partial charge < -0.3 is 26.2 Å². The molecule has 4 N–H and O–H groups in total. The molecule has 0 aliphatic heterocycles. The summed E-state index contributed by atoms with van der Waals surface area (Å²) in [6.07, 6.45) is 10.4. The Morgan fingerprint density at radius 1 is 0.857 bits per heavy atom. The smallest absolute Gasteiger partial charge is 0.262 e. The molecule has 5 atom stereocenters. The van der Waals surface area contributed by atoms with Gasteiger partial charge in [-0.1, -0.05) is 80.6 Å². The molecule has 262 valence electrons. The highest BCUT2D eigenvalue weighted by atomic mass is 32.1. The lowest BCUT2D eigenvalue weighted by Crippen LogP contribution is -2.61. The van der Waals surface area contributed by atoms with Crippen LogP contribution in [0.1, 0.15) is 92.3 Å². The molecule has 3 aromatic rings. The summed E-state index contributed by atoms with van der Waals surface area (Å²) in [7, 11) is 4.17. The first kappa shape index (κ1) is 35.1. The van der Waals surface area contributed by atoms with E-state index in [4.69, 9.17) is 0 Å². The minimum Gasteiger partial charge on any atom is -0.352 e. The van der Waals surface area contributed by atoms with E-state index in [1.54, 1.807) is 0 Å². The average molecular weight is 686 g/mol. The molecule has 3 aliphatic rings. The van der Waals surface area contributed by atoms with Gasteiger partial charge in [-0.3, -0.25) is 19.2 Å². The second kappa shape index (κ2) is 15.9. The Labute approximate surface area is 294 Å². The summed E-state index contributed by atoms with van der Waals surface area (Å²) in [4.78, 5) is 57.9. The molecule has 10 heteroatoms. The van der Waals surface area contributed by atoms with Crippen LogP contribution in [0.3, 0.4) is 0 Å². The monoisotopic (exact) mass is 685 g/mol. The maximum Gasteiger partial charge on any atom is 0.262 e. The number of nitrogens with one attached hydrogen (secondary N) is 4. The quantitative estimate of drug-likeness (QED) is 0.218. The van der Waals surface area contributed by atoms with Gasteiger partial charge >= 0.3 is 0 Å². The van der Waals surface area contributed by atoms with Crippen LogP contribution in [0, 0.1) is 5.92 Å². The molecule has 3 aliphatic carbocycles. The number of rotatable bonds is 11. The summed E-state index contributed by atoms with van der Waals surface area (Å²) in [5.41, 5.74) is -0.151. The van der Waals surface area contributed by atoms with Crippen molar-refractivity contribution >= 4 is 45.1 Å². The number of benzene rings is 2. The third-order valence-electron chi connectivity index (χ3n) is 10.9. The fourth-order valence-corrected chi connectivity index (χ4v) is 9.13. The first-order valence-electron chi connectivity index (χ1n) is 18.1. The number of likely N-dealkylation sites (N-methyl/N-ethyl adjacent to an activating group) is 1. The van der Waals surface area contributed by atoms with E-state index in [0.29, 0.717) is 36.6 Å². The molecule has 6 rings (SSSR count). The lowest BCUT2D eigenvalue weighted by Gasteiger charge is -2.38. The maximum atomic E-state index is 14.1. The van der Waals surface area contributed by atoms with Gasteiger partial charge in [0.2, 0.25) is 17.7 Å². The maximum absolute atomic E-state index is 14.1. The standard InChI is InChI=1S/C39H51N5O4S/c1-44(2)32-19-8-7-18-30(32)41-35(45)28-16-12-17-29(24-28)40-36(46)31(23-26-13-4-3-5-14-26)42-38(48)39(21-10-11-22-39)43-37(47)34-25-27-15-6-9-20-33(27)49-34/h3-6,9,13-15,20,25,28-32H,7-8,10-12,16-19,21-24H2,1-2H3,(H,40,46)(H,41,45)(H,42,48)(H,43,47)/t28-,29+,30+,31-,32-/m1/s1. The molecule has 3 fully saturated rings. The highest BCUT2D eigenvalue weighted by Crippen LogP contribution is 2.33. The highest BCUT2D eigenvalue weighted by molar-refractivity contribution is 7.20. The number of carbonyl (C=O) groups is 4. The Bertz CT molecular complexity index is 1580. The third-order valence-corrected chi connectivity index (χ3v) is 12.0. The first-order chi connectivity index (χ1) is 23.7. The summed E-state index contributed by atoms with van der Waals surface area (Å²) in [5.74, 6) is -0.910. The molecule has 0 bridgehead atoms. The van der Waals surface area contributed by atoms with Gasteiger partial charge in [-0.05, 0) is 82.1 Å². The molecule has 1 heterocycles. The SMILES string of the molecule is CN(C)[C@@H]1CCCC[C@@H]1NC(=O)[C@@H]1CCC[C@H](NC(=O)[C@@H](Cc2ccccc2)NC(=O)C2(NC(=O)c3cc4ccccc4s3)CCCC2)C1. The molecule has 2 aromatic carbocycles. The lowest BCUT2D eigenvalue weighted by atomic mass is 9.83. The molecule has 49 heavy (non-hydrogen) atoms. The Morgan fingerprint density at radius 3 is 2.35 bits per heavy atom. The molecule has 4 amide bonds. The minimum atomic E-state index is -1.08. The van der Waals surface area contributed by atoms with Gasteiger partial charge in [0, 0.05) is 35.2 Å². The van der Waals surface area contributed by atoms with Gasteiger partial charge in [0.05, 0.1) is 4.88 Å². The van der Waals surface area contributed by atoms with Crippen molar-refractivity contribution in [2.75, 3.05) is 14.1 Å². The second-order valence-corrected chi connectivity index (χ2v) is 15.7. The van der Waals surface area contributed by atoms with Crippen LogP contribution in [0.15, 0.2) is 60.7 Å². The summed E-state index contributed by atoms with van der Waals surface area (Å²) in [5, 5.41) is 13.8. The second-order valence-electron chi connectivity index (χ2n) is 14.6. The third kappa shape index (κ3) is 8.52. The number of hydrogen-bond donors (Lipinski definition) is 4. The first-order valence-corrected chi connectivity index (χ1v) is 19.0. The topological polar surface area (TPSA) is 120 Å². The van der Waals surface area contributed by atoms with Gasteiger partial charge in [-0.2, -0.15) is 0 Å². The van der Waals surface area contributed by atoms with Gasteiger partial charge in [-0.15, -0.1) is 11.3 Å². The summed E-state index contributed by atoms with van der Waals surface area (Å²) >= 11 is 1.41. The van der Waals surface area contributed by atoms with E-state index in [1.807, 2.05) is 60.7 Å². The lowest BCUT2D eigenvalue weighted by molar-refractivity contribution is -0.133. The zero-order chi connectivity index (χ0) is 34.4. The molecule has 3 saturated carbocycles. The zero-order valence-electron chi connectivity index (χ0n) is 28.8. The molecule has 0 radical (unpaired) electrons. The Balaban J connectivity index is 1.13. The van der Waals surface area contributed by atoms with Gasteiger partial charge in [-0.25, -0.2) is 0 Å². The van der Waals surface area contributed by atoms with Crippen LogP contribution >= 0.6 is 11.3 Å². The number of carbonyl (C=O) groups excluding carboxylic acids is 4. The summed E-state index contributed by atoms with van der Waals surface area (Å²) in [6.45, 7) is 0. The molecular weight excluding hydrogens is 635 g/mol. The molecular formula is C39H51N5O4S. The van der Waals surface area contributed by atoms with Crippen molar-refractivity contribution in [1.29, 1.82) is 0 Å². The van der Waals surface area contributed by atoms with E-state index < -0.39 is 11.6 Å². The number of thiophene rings is 1. The van der Waals surface area contributed by atoms with Crippen LogP contribution in [-0.2, 0) is 20.8 Å². The van der Waals surface area contributed by atoms with Crippen LogP contribution in [0.4, 0.5) is 0 Å². The predicted molar refractivity (Wildman–Crippen MR) is 194 cm³/mol. The molecule has 0 spiro atoms. The van der Waals surface area contributed by atoms with E-state index in [9.17, 15) is 19.2 Å². The minimum absolute atomic E-state index is 0.0874. The van der Waals surface area contributed by atoms with Crippen molar-refractivity contribution in [3.05, 3.63) is 71.1 Å². The fraction of sp³-hybridized carbons (Fsp3) is 0.538. The number of nitrogens with zero attached hydrogens (tertiary/aromatic N) is 1. The van der Waals surface area contributed by atoms with Crippen molar-refractivity contribution in [2.24, 2.45) is 5.92 Å². The van der Waals surface area contributed by atoms with Crippen LogP contribution in [0.5, 0.6) is 0 Å². The Morgan fingerprint density at radius 2 is 1.59 bits per heavy atom. The zero-order valence-corrected chi connectivity index (χ0v) is 29.7. The summed E-state index contributed by atoms with van der Waals surface area (Å²) in [6, 6.07) is 18.9. The molecule has 1 aromatic heterocycles. The normalized spacial score (nSPS) is 24.2. The Kier molecular flexibility index (Phi) is 11.3. The van der Waals surface area contributed by atoms with Crippen molar-refractivity contribution in [2.45, 2.75) is 113 Å². The van der Waals surface area contributed by atoms with Crippen molar-refractivity contribution in [3.63, 3.8) is 0 Å². The molecule has 0 unspecified atom stereocenters. The van der Waals surface area contributed by atoms with E-state index in [-0.39, 0.29) is 41.6 Å². The predicted octanol–water partition coefficient (Wildman–Crippen LogP) is 5.34. The van der Waals surface area contributed by atoms with E-state index in [1.165, 1.54) is 17.8 Å². The van der Waals surface area contributed by atoms with Gasteiger partial charge in [0.1, 0.15) is 11.6 Å². The van der Waals surface area contributed by atoms with Crippen LogP contribution in [0.2, 0.25) is 0 Å². The van der Waals surface area contributed by atoms with E-state index in [2.05, 4.69) is 40.3 Å². The van der Waals surface area contributed by atoms with E-state index in [0.717, 1.165) is 67.0 Å². The van der Waals surface area contributed by atoms with Gasteiger partial charge in [0.15, 0.2) is 0 Å². The van der Waals surface area contributed by atoms with Crippen LogP contribution in [-0.4, -0.2) is 72.3 Å². The van der Waals surface area contributed by atoms with Crippen molar-refractivity contribution in [3.8, 4) is 0 Å². The van der Waals surface area contributed by atoms with Crippen molar-refractivity contribution < 1.29 is 19.2 Å². The number of fused-ring (bicyclic) bond motifs is 1. The van der Waals surface area contributed by atoms with E-state index >= 15 is 0 Å². The molecule has 9 nitrogen and oxygen atoms in total. The fourth-order valence-electron chi connectivity index (χ4n) is 8.17. The molecule has 0 saturated heterocycles. The number of amides is 4. The van der Waals surface area contributed by atoms with Crippen molar-refractivity contribution in [1.82, 2.24) is 26.2 Å². The number of hydrogen-bond acceptors (Lipinski definition) is 6. The largest absolute Gasteiger partial charge is 0.352 e. The van der Waals surface area contributed by atoms with Crippen LogP contribution in [0.25, 0.3) is 10.1 Å². The van der Waals surface area contributed by atoms with Gasteiger partial charge in [0.25, 0.3) is 5.91 Å². The highest BCUT2D eigenvalue weighted by Gasteiger charge is 2.44. The van der Waals surface area contributed by atoms with Crippen LogP contribution < -0.4 is 21.3 Å². The average Bonchev–Trinajstić information content (AvgIpc) is 3.77. The summed E-state index contributed by atoms with van der Waals surface area (Å²) < 4.78 is 1.02.